The SMILES string of the molecule is CC(C)c1cc[c-]cc1.[Li+]. The third-order valence-corrected chi connectivity index (χ3v) is 1.41. The summed E-state index contributed by atoms with van der Waals surface area (Å²) in [6.07, 6.45) is 0. The molecule has 1 rings (SSSR count). The number of hydrogen-bond donors (Lipinski definition) is 0. The molecule has 0 saturated heterocycles. The fourth-order valence-corrected chi connectivity index (χ4v) is 0.785. The summed E-state index contributed by atoms with van der Waals surface area (Å²) >= 11 is 0. The fraction of sp³-hybridized carbons (Fsp3) is 0.333. The third kappa shape index (κ3) is 2.60. The Labute approximate surface area is 74.8 Å². The Kier molecular flexibility index (Phi) is 4.52. The van der Waals surface area contributed by atoms with Crippen molar-refractivity contribution in [3.8, 4) is 0 Å². The van der Waals surface area contributed by atoms with Gasteiger partial charge in [0.1, 0.15) is 0 Å². The van der Waals surface area contributed by atoms with Crippen molar-refractivity contribution in [3.05, 3.63) is 35.9 Å². The summed E-state index contributed by atoms with van der Waals surface area (Å²) in [7, 11) is 0. The van der Waals surface area contributed by atoms with Crippen LogP contribution in [0, 0.1) is 6.07 Å². The molecule has 0 aliphatic heterocycles. The van der Waals surface area contributed by atoms with Crippen LogP contribution in [-0.2, 0) is 0 Å². The van der Waals surface area contributed by atoms with E-state index in [4.69, 9.17) is 0 Å². The van der Waals surface area contributed by atoms with E-state index in [9.17, 15) is 0 Å². The molecule has 0 heterocycles. The third-order valence-electron chi connectivity index (χ3n) is 1.41. The number of rotatable bonds is 1. The first kappa shape index (κ1) is 9.82. The molecule has 0 bridgehead atoms. The van der Waals surface area contributed by atoms with Crippen LogP contribution in [0.2, 0.25) is 0 Å². The monoisotopic (exact) mass is 126 g/mol. The van der Waals surface area contributed by atoms with Gasteiger partial charge in [0.15, 0.2) is 0 Å². The molecular formula is C9H11Li. The van der Waals surface area contributed by atoms with E-state index in [1.807, 2.05) is 12.1 Å². The van der Waals surface area contributed by atoms with Crippen LogP contribution in [0.1, 0.15) is 25.3 Å². The summed E-state index contributed by atoms with van der Waals surface area (Å²) < 4.78 is 0. The first-order valence-electron chi connectivity index (χ1n) is 3.26. The van der Waals surface area contributed by atoms with Gasteiger partial charge in [0.2, 0.25) is 0 Å². The van der Waals surface area contributed by atoms with E-state index in [2.05, 4.69) is 32.0 Å². The summed E-state index contributed by atoms with van der Waals surface area (Å²) in [5.74, 6) is 0.639. The summed E-state index contributed by atoms with van der Waals surface area (Å²) in [4.78, 5) is 0. The van der Waals surface area contributed by atoms with Crippen molar-refractivity contribution in [1.82, 2.24) is 0 Å². The smallest absolute Gasteiger partial charge is 0.184 e. The molecule has 0 aromatic heterocycles. The molecule has 10 heavy (non-hydrogen) atoms. The molecule has 1 aromatic carbocycles. The molecular weight excluding hydrogens is 115 g/mol. The van der Waals surface area contributed by atoms with E-state index in [1.54, 1.807) is 0 Å². The zero-order chi connectivity index (χ0) is 6.69. The minimum atomic E-state index is 0. The molecule has 1 heteroatoms. The van der Waals surface area contributed by atoms with Crippen LogP contribution in [0.15, 0.2) is 24.3 Å². The first-order chi connectivity index (χ1) is 4.30. The predicted octanol–water partition coefficient (Wildman–Crippen LogP) is -0.386. The van der Waals surface area contributed by atoms with E-state index in [-0.39, 0.29) is 18.9 Å². The molecule has 0 unspecified atom stereocenters. The molecule has 0 N–H and O–H groups in total. The molecule has 0 saturated carbocycles. The van der Waals surface area contributed by atoms with Gasteiger partial charge in [-0.2, -0.15) is 35.9 Å². The van der Waals surface area contributed by atoms with Crippen LogP contribution >= 0.6 is 0 Å². The summed E-state index contributed by atoms with van der Waals surface area (Å²) in [6.45, 7) is 4.38. The normalized spacial score (nSPS) is 9.10. The van der Waals surface area contributed by atoms with E-state index in [1.165, 1.54) is 5.56 Å². The average molecular weight is 126 g/mol. The van der Waals surface area contributed by atoms with Gasteiger partial charge >= 0.3 is 18.9 Å². The van der Waals surface area contributed by atoms with Crippen LogP contribution in [0.25, 0.3) is 0 Å². The molecule has 1 aromatic rings. The quantitative estimate of drug-likeness (QED) is 0.355. The van der Waals surface area contributed by atoms with Gasteiger partial charge in [-0.1, -0.05) is 13.8 Å². The van der Waals surface area contributed by atoms with E-state index < -0.39 is 0 Å². The largest absolute Gasteiger partial charge is 1.00 e. The second-order valence-corrected chi connectivity index (χ2v) is 2.49. The van der Waals surface area contributed by atoms with Gasteiger partial charge in [-0.05, 0) is 5.92 Å². The zero-order valence-electron chi connectivity index (χ0n) is 6.89. The minimum absolute atomic E-state index is 0. The van der Waals surface area contributed by atoms with E-state index in [0.717, 1.165) is 0 Å². The van der Waals surface area contributed by atoms with Crippen LogP contribution in [0.5, 0.6) is 0 Å². The standard InChI is InChI=1S/C9H11.Li/c1-8(2)9-6-4-3-5-7-9;/h4-8H,1-2H3;/q-1;+1. The van der Waals surface area contributed by atoms with Gasteiger partial charge < -0.3 is 0 Å². The molecule has 0 atom stereocenters. The number of hydrogen-bond acceptors (Lipinski definition) is 0. The van der Waals surface area contributed by atoms with Crippen LogP contribution in [0.4, 0.5) is 0 Å². The maximum atomic E-state index is 2.99. The van der Waals surface area contributed by atoms with Gasteiger partial charge in [0.05, 0.1) is 0 Å². The van der Waals surface area contributed by atoms with Crippen molar-refractivity contribution in [3.63, 3.8) is 0 Å². The van der Waals surface area contributed by atoms with E-state index >= 15 is 0 Å². The molecule has 0 spiro atoms. The fourth-order valence-electron chi connectivity index (χ4n) is 0.785. The molecule has 0 aliphatic rings. The molecule has 0 radical (unpaired) electrons. The van der Waals surface area contributed by atoms with Gasteiger partial charge in [-0.25, -0.2) is 0 Å². The van der Waals surface area contributed by atoms with Crippen LogP contribution in [0.3, 0.4) is 0 Å². The predicted molar refractivity (Wildman–Crippen MR) is 39.4 cm³/mol. The van der Waals surface area contributed by atoms with Gasteiger partial charge in [0.25, 0.3) is 0 Å². The van der Waals surface area contributed by atoms with Gasteiger partial charge in [0, 0.05) is 0 Å². The summed E-state index contributed by atoms with van der Waals surface area (Å²) in [5.41, 5.74) is 1.38. The Hall–Kier alpha value is -0.183. The van der Waals surface area contributed by atoms with E-state index in [0.29, 0.717) is 5.92 Å². The maximum Gasteiger partial charge on any atom is 1.00 e. The van der Waals surface area contributed by atoms with Crippen molar-refractivity contribution in [2.75, 3.05) is 0 Å². The zero-order valence-corrected chi connectivity index (χ0v) is 6.89. The van der Waals surface area contributed by atoms with Crippen molar-refractivity contribution in [2.24, 2.45) is 0 Å². The minimum Gasteiger partial charge on any atom is -0.184 e. The van der Waals surface area contributed by atoms with Crippen molar-refractivity contribution in [1.29, 1.82) is 0 Å². The Morgan fingerprint density at radius 3 is 2.00 bits per heavy atom. The van der Waals surface area contributed by atoms with Crippen LogP contribution in [-0.4, -0.2) is 0 Å². The van der Waals surface area contributed by atoms with Crippen molar-refractivity contribution >= 4 is 0 Å². The molecule has 0 nitrogen and oxygen atoms in total. The van der Waals surface area contributed by atoms with Crippen molar-refractivity contribution < 1.29 is 18.9 Å². The summed E-state index contributed by atoms with van der Waals surface area (Å²) in [6, 6.07) is 11.1. The molecule has 0 amide bonds. The second kappa shape index (κ2) is 4.60. The second-order valence-electron chi connectivity index (χ2n) is 2.49. The van der Waals surface area contributed by atoms with Gasteiger partial charge in [-0.3, -0.25) is 0 Å². The topological polar surface area (TPSA) is 0 Å². The number of benzene rings is 1. The molecule has 0 fully saturated rings. The van der Waals surface area contributed by atoms with Gasteiger partial charge in [-0.15, -0.1) is 0 Å². The maximum absolute atomic E-state index is 2.99. The van der Waals surface area contributed by atoms with Crippen LogP contribution < -0.4 is 18.9 Å². The average Bonchev–Trinajstić information content (AvgIpc) is 1.90. The Morgan fingerprint density at radius 2 is 1.70 bits per heavy atom. The Bertz CT molecular complexity index is 167. The van der Waals surface area contributed by atoms with Crippen molar-refractivity contribution in [2.45, 2.75) is 19.8 Å². The Morgan fingerprint density at radius 1 is 1.20 bits per heavy atom. The first-order valence-corrected chi connectivity index (χ1v) is 3.26. The molecule has 48 valence electrons. The Balaban J connectivity index is 0.000000810. The molecule has 0 aliphatic carbocycles. The summed E-state index contributed by atoms with van der Waals surface area (Å²) in [5, 5.41) is 0.